The summed E-state index contributed by atoms with van der Waals surface area (Å²) < 4.78 is 0. The standard InChI is InChI=1S/C10H11N5OS/c11-5-4-8-14-15-10(17-8)13-9(16)7-3-1-2-6-12-7/h1-3,6H,4-5,11H2,(H,13,15,16). The quantitative estimate of drug-likeness (QED) is 0.831. The topological polar surface area (TPSA) is 93.8 Å². The number of carbonyl (C=O) groups is 1. The van der Waals surface area contributed by atoms with Crippen LogP contribution in [0.4, 0.5) is 5.13 Å². The van der Waals surface area contributed by atoms with Gasteiger partial charge in [-0.05, 0) is 18.7 Å². The van der Waals surface area contributed by atoms with Crippen LogP contribution in [-0.2, 0) is 6.42 Å². The van der Waals surface area contributed by atoms with Crippen LogP contribution in [0.2, 0.25) is 0 Å². The van der Waals surface area contributed by atoms with Crippen molar-refractivity contribution < 1.29 is 4.79 Å². The van der Waals surface area contributed by atoms with Crippen LogP contribution < -0.4 is 11.1 Å². The molecule has 0 aliphatic carbocycles. The first kappa shape index (κ1) is 11.6. The van der Waals surface area contributed by atoms with E-state index < -0.39 is 0 Å². The Morgan fingerprint density at radius 1 is 1.41 bits per heavy atom. The normalized spacial score (nSPS) is 10.2. The molecular formula is C10H11N5OS. The largest absolute Gasteiger partial charge is 0.330 e. The highest BCUT2D eigenvalue weighted by Gasteiger charge is 2.10. The average Bonchev–Trinajstić information content (AvgIpc) is 2.78. The number of aromatic nitrogens is 3. The van der Waals surface area contributed by atoms with Gasteiger partial charge < -0.3 is 5.73 Å². The lowest BCUT2D eigenvalue weighted by Crippen LogP contribution is -2.13. The van der Waals surface area contributed by atoms with Crippen molar-refractivity contribution in [3.8, 4) is 0 Å². The third-order valence-electron chi connectivity index (χ3n) is 1.94. The van der Waals surface area contributed by atoms with Crippen LogP contribution in [0.3, 0.4) is 0 Å². The maximum atomic E-state index is 11.7. The molecule has 0 aliphatic rings. The number of nitrogens with zero attached hydrogens (tertiary/aromatic N) is 3. The van der Waals surface area contributed by atoms with Gasteiger partial charge in [-0.1, -0.05) is 17.4 Å². The van der Waals surface area contributed by atoms with E-state index in [1.54, 1.807) is 24.4 Å². The van der Waals surface area contributed by atoms with Crippen molar-refractivity contribution in [1.82, 2.24) is 15.2 Å². The second-order valence-corrected chi connectivity index (χ2v) is 4.27. The zero-order valence-corrected chi connectivity index (χ0v) is 9.78. The maximum absolute atomic E-state index is 11.7. The summed E-state index contributed by atoms with van der Waals surface area (Å²) in [5.74, 6) is -0.291. The molecule has 0 atom stereocenters. The molecule has 0 fully saturated rings. The number of amides is 1. The SMILES string of the molecule is NCCc1nnc(NC(=O)c2ccccn2)s1. The molecule has 0 spiro atoms. The lowest BCUT2D eigenvalue weighted by Gasteiger charge is -1.98. The van der Waals surface area contributed by atoms with E-state index in [-0.39, 0.29) is 5.91 Å². The van der Waals surface area contributed by atoms with Crippen LogP contribution in [0.5, 0.6) is 0 Å². The van der Waals surface area contributed by atoms with Gasteiger partial charge >= 0.3 is 0 Å². The Hall–Kier alpha value is -1.86. The van der Waals surface area contributed by atoms with E-state index >= 15 is 0 Å². The molecule has 2 aromatic heterocycles. The highest BCUT2D eigenvalue weighted by atomic mass is 32.1. The van der Waals surface area contributed by atoms with Gasteiger partial charge in [0.2, 0.25) is 5.13 Å². The van der Waals surface area contributed by atoms with Crippen molar-refractivity contribution in [2.45, 2.75) is 6.42 Å². The Bertz CT molecular complexity index is 498. The maximum Gasteiger partial charge on any atom is 0.276 e. The highest BCUT2D eigenvalue weighted by Crippen LogP contribution is 2.15. The number of anilines is 1. The van der Waals surface area contributed by atoms with Crippen molar-refractivity contribution in [1.29, 1.82) is 0 Å². The van der Waals surface area contributed by atoms with Crippen LogP contribution in [0.15, 0.2) is 24.4 Å². The number of nitrogens with two attached hydrogens (primary N) is 1. The van der Waals surface area contributed by atoms with Gasteiger partial charge in [-0.3, -0.25) is 15.1 Å². The van der Waals surface area contributed by atoms with E-state index in [9.17, 15) is 4.79 Å². The van der Waals surface area contributed by atoms with E-state index in [0.717, 1.165) is 5.01 Å². The molecule has 0 unspecified atom stereocenters. The molecule has 88 valence electrons. The van der Waals surface area contributed by atoms with Gasteiger partial charge in [0, 0.05) is 12.6 Å². The van der Waals surface area contributed by atoms with Crippen LogP contribution in [0.25, 0.3) is 0 Å². The van der Waals surface area contributed by atoms with Crippen LogP contribution in [0, 0.1) is 0 Å². The third-order valence-corrected chi connectivity index (χ3v) is 2.84. The number of rotatable bonds is 4. The fourth-order valence-electron chi connectivity index (χ4n) is 1.19. The minimum atomic E-state index is -0.291. The smallest absolute Gasteiger partial charge is 0.276 e. The van der Waals surface area contributed by atoms with Gasteiger partial charge in [-0.2, -0.15) is 0 Å². The summed E-state index contributed by atoms with van der Waals surface area (Å²) in [6.45, 7) is 0.517. The number of pyridine rings is 1. The molecule has 2 rings (SSSR count). The van der Waals surface area contributed by atoms with Crippen molar-refractivity contribution in [2.24, 2.45) is 5.73 Å². The minimum absolute atomic E-state index is 0.291. The highest BCUT2D eigenvalue weighted by molar-refractivity contribution is 7.15. The van der Waals surface area contributed by atoms with Gasteiger partial charge in [0.25, 0.3) is 5.91 Å². The summed E-state index contributed by atoms with van der Waals surface area (Å²) in [7, 11) is 0. The summed E-state index contributed by atoms with van der Waals surface area (Å²) in [6, 6.07) is 5.14. The molecule has 2 heterocycles. The minimum Gasteiger partial charge on any atom is -0.330 e. The van der Waals surface area contributed by atoms with Crippen molar-refractivity contribution in [3.63, 3.8) is 0 Å². The molecule has 2 aromatic rings. The lowest BCUT2D eigenvalue weighted by molar-refractivity contribution is 0.102. The number of nitrogens with one attached hydrogen (secondary N) is 1. The molecule has 1 amide bonds. The van der Waals surface area contributed by atoms with Gasteiger partial charge in [0.1, 0.15) is 10.7 Å². The van der Waals surface area contributed by atoms with E-state index in [0.29, 0.717) is 23.8 Å². The molecular weight excluding hydrogens is 238 g/mol. The van der Waals surface area contributed by atoms with E-state index in [2.05, 4.69) is 20.5 Å². The number of hydrogen-bond acceptors (Lipinski definition) is 6. The summed E-state index contributed by atoms with van der Waals surface area (Å²) >= 11 is 1.32. The summed E-state index contributed by atoms with van der Waals surface area (Å²) in [6.07, 6.45) is 2.23. The van der Waals surface area contributed by atoms with Crippen molar-refractivity contribution >= 4 is 22.4 Å². The Labute approximate surface area is 102 Å². The fourth-order valence-corrected chi connectivity index (χ4v) is 1.94. The summed E-state index contributed by atoms with van der Waals surface area (Å²) in [5.41, 5.74) is 5.75. The molecule has 6 nitrogen and oxygen atoms in total. The van der Waals surface area contributed by atoms with Gasteiger partial charge in [0.05, 0.1) is 0 Å². The van der Waals surface area contributed by atoms with Crippen molar-refractivity contribution in [2.75, 3.05) is 11.9 Å². The van der Waals surface area contributed by atoms with Gasteiger partial charge in [-0.25, -0.2) is 0 Å². The predicted molar refractivity (Wildman–Crippen MR) is 64.9 cm³/mol. The first-order valence-electron chi connectivity index (χ1n) is 5.04. The third kappa shape index (κ3) is 3.05. The molecule has 0 aliphatic heterocycles. The molecule has 7 heteroatoms. The van der Waals surface area contributed by atoms with Gasteiger partial charge in [0.15, 0.2) is 0 Å². The molecule has 0 bridgehead atoms. The first-order chi connectivity index (χ1) is 8.29. The first-order valence-corrected chi connectivity index (χ1v) is 5.86. The van der Waals surface area contributed by atoms with Gasteiger partial charge in [-0.15, -0.1) is 10.2 Å². The zero-order valence-electron chi connectivity index (χ0n) is 8.96. The molecule has 0 saturated heterocycles. The van der Waals surface area contributed by atoms with Crippen molar-refractivity contribution in [3.05, 3.63) is 35.1 Å². The second-order valence-electron chi connectivity index (χ2n) is 3.21. The Morgan fingerprint density at radius 2 is 2.29 bits per heavy atom. The molecule has 17 heavy (non-hydrogen) atoms. The Kier molecular flexibility index (Phi) is 3.73. The molecule has 0 radical (unpaired) electrons. The second kappa shape index (κ2) is 5.46. The van der Waals surface area contributed by atoms with Crippen LogP contribution >= 0.6 is 11.3 Å². The van der Waals surface area contributed by atoms with Crippen LogP contribution in [-0.4, -0.2) is 27.6 Å². The van der Waals surface area contributed by atoms with E-state index in [4.69, 9.17) is 5.73 Å². The summed E-state index contributed by atoms with van der Waals surface area (Å²) in [5, 5.41) is 11.7. The fraction of sp³-hybridized carbons (Fsp3) is 0.200. The van der Waals surface area contributed by atoms with Crippen LogP contribution in [0.1, 0.15) is 15.5 Å². The van der Waals surface area contributed by atoms with E-state index in [1.807, 2.05) is 0 Å². The zero-order chi connectivity index (χ0) is 12.1. The summed E-state index contributed by atoms with van der Waals surface area (Å²) in [4.78, 5) is 15.7. The van der Waals surface area contributed by atoms with E-state index in [1.165, 1.54) is 11.3 Å². The molecule has 0 aromatic carbocycles. The Balaban J connectivity index is 2.03. The lowest BCUT2D eigenvalue weighted by atomic mass is 10.3. The predicted octanol–water partition coefficient (Wildman–Crippen LogP) is 0.687. The molecule has 0 saturated carbocycles. The number of hydrogen-bond donors (Lipinski definition) is 2. The average molecular weight is 249 g/mol. The monoisotopic (exact) mass is 249 g/mol. The molecule has 3 N–H and O–H groups in total. The number of carbonyl (C=O) groups excluding carboxylic acids is 1. The Morgan fingerprint density at radius 3 is 3.00 bits per heavy atom.